The molecule has 0 aromatic carbocycles. The van der Waals surface area contributed by atoms with Crippen LogP contribution in [0.2, 0.25) is 0 Å². The fourth-order valence-corrected chi connectivity index (χ4v) is 2.61. The van der Waals surface area contributed by atoms with Crippen LogP contribution in [0.15, 0.2) is 10.8 Å². The van der Waals surface area contributed by atoms with Crippen LogP contribution < -0.4 is 5.32 Å². The van der Waals surface area contributed by atoms with E-state index in [2.05, 4.69) is 17.2 Å². The quantitative estimate of drug-likeness (QED) is 0.829. The molecule has 0 bridgehead atoms. The van der Waals surface area contributed by atoms with E-state index in [1.54, 1.807) is 6.39 Å². The van der Waals surface area contributed by atoms with Gasteiger partial charge in [0.15, 0.2) is 6.39 Å². The predicted octanol–water partition coefficient (Wildman–Crippen LogP) is 2.62. The normalized spacial score (nSPS) is 20.4. The van der Waals surface area contributed by atoms with Crippen LogP contribution in [0, 0.1) is 0 Å². The Morgan fingerprint density at radius 1 is 1.40 bits per heavy atom. The topological polar surface area (TPSA) is 38.1 Å². The van der Waals surface area contributed by atoms with Crippen molar-refractivity contribution < 1.29 is 4.42 Å². The lowest BCUT2D eigenvalue weighted by atomic mass is 9.73. The minimum absolute atomic E-state index is 0.223. The number of nitrogens with one attached hydrogen (secondary N) is 1. The van der Waals surface area contributed by atoms with Crippen LogP contribution in [0.4, 0.5) is 0 Å². The molecule has 0 amide bonds. The number of rotatable bonds is 3. The fourth-order valence-electron chi connectivity index (χ4n) is 2.61. The van der Waals surface area contributed by atoms with Gasteiger partial charge in [-0.2, -0.15) is 0 Å². The van der Waals surface area contributed by atoms with Gasteiger partial charge in [0.25, 0.3) is 0 Å². The van der Waals surface area contributed by atoms with Gasteiger partial charge in [-0.1, -0.05) is 26.2 Å². The maximum absolute atomic E-state index is 5.61. The van der Waals surface area contributed by atoms with Crippen LogP contribution in [0.25, 0.3) is 0 Å². The third kappa shape index (κ3) is 2.07. The van der Waals surface area contributed by atoms with Gasteiger partial charge in [0, 0.05) is 12.0 Å². The van der Waals surface area contributed by atoms with Crippen molar-refractivity contribution in [2.24, 2.45) is 0 Å². The second kappa shape index (κ2) is 4.35. The third-order valence-corrected chi connectivity index (χ3v) is 3.49. The van der Waals surface area contributed by atoms with Crippen molar-refractivity contribution >= 4 is 0 Å². The molecule has 0 atom stereocenters. The number of aromatic nitrogens is 1. The van der Waals surface area contributed by atoms with Crippen LogP contribution in [0.1, 0.15) is 50.5 Å². The zero-order valence-electron chi connectivity index (χ0n) is 9.68. The van der Waals surface area contributed by atoms with Crippen LogP contribution in [0.3, 0.4) is 0 Å². The molecule has 1 aromatic heterocycles. The largest absolute Gasteiger partial charge is 0.448 e. The first kappa shape index (κ1) is 10.7. The van der Waals surface area contributed by atoms with Crippen molar-refractivity contribution in [3.8, 4) is 0 Å². The van der Waals surface area contributed by atoms with E-state index < -0.39 is 0 Å². The molecule has 0 radical (unpaired) electrons. The molecule has 1 heterocycles. The van der Waals surface area contributed by atoms with Crippen molar-refractivity contribution in [2.75, 3.05) is 7.05 Å². The molecule has 0 spiro atoms. The summed E-state index contributed by atoms with van der Waals surface area (Å²) in [4.78, 5) is 4.30. The first-order chi connectivity index (χ1) is 7.26. The molecule has 1 fully saturated rings. The summed E-state index contributed by atoms with van der Waals surface area (Å²) in [6.07, 6.45) is 8.05. The molecule has 1 aliphatic carbocycles. The smallest absolute Gasteiger partial charge is 0.181 e. The van der Waals surface area contributed by atoms with Gasteiger partial charge in [0.1, 0.15) is 5.76 Å². The van der Waals surface area contributed by atoms with Crippen molar-refractivity contribution in [3.63, 3.8) is 0 Å². The summed E-state index contributed by atoms with van der Waals surface area (Å²) in [5.41, 5.74) is 1.31. The maximum atomic E-state index is 5.61. The van der Waals surface area contributed by atoms with E-state index in [0.717, 1.165) is 18.0 Å². The molecule has 15 heavy (non-hydrogen) atoms. The standard InChI is InChI=1S/C12H20N2O/c1-12(6-4-3-5-7-12)11-10(8-13-2)14-9-15-11/h9,13H,3-8H2,1-2H3. The number of oxazole rings is 1. The van der Waals surface area contributed by atoms with Gasteiger partial charge in [-0.25, -0.2) is 4.98 Å². The van der Waals surface area contributed by atoms with Gasteiger partial charge in [0.2, 0.25) is 0 Å². The number of nitrogens with zero attached hydrogens (tertiary/aromatic N) is 1. The molecule has 3 heteroatoms. The molecule has 1 aliphatic rings. The summed E-state index contributed by atoms with van der Waals surface area (Å²) in [6.45, 7) is 3.12. The molecule has 0 aliphatic heterocycles. The maximum Gasteiger partial charge on any atom is 0.181 e. The van der Waals surface area contributed by atoms with E-state index in [-0.39, 0.29) is 5.41 Å². The molecular weight excluding hydrogens is 188 g/mol. The molecule has 3 nitrogen and oxygen atoms in total. The van der Waals surface area contributed by atoms with E-state index in [9.17, 15) is 0 Å². The summed E-state index contributed by atoms with van der Waals surface area (Å²) in [5.74, 6) is 1.11. The lowest BCUT2D eigenvalue weighted by Gasteiger charge is -2.31. The highest BCUT2D eigenvalue weighted by Gasteiger charge is 2.34. The molecule has 1 N–H and O–H groups in total. The Bertz CT molecular complexity index is 313. The Labute approximate surface area is 91.3 Å². The van der Waals surface area contributed by atoms with E-state index in [4.69, 9.17) is 4.42 Å². The van der Waals surface area contributed by atoms with Crippen molar-refractivity contribution in [1.29, 1.82) is 0 Å². The van der Waals surface area contributed by atoms with Gasteiger partial charge >= 0.3 is 0 Å². The zero-order chi connectivity index (χ0) is 10.7. The lowest BCUT2D eigenvalue weighted by Crippen LogP contribution is -2.26. The predicted molar refractivity (Wildman–Crippen MR) is 59.7 cm³/mol. The summed E-state index contributed by atoms with van der Waals surface area (Å²) >= 11 is 0. The Morgan fingerprint density at radius 3 is 2.80 bits per heavy atom. The van der Waals surface area contributed by atoms with E-state index >= 15 is 0 Å². The Kier molecular flexibility index (Phi) is 3.10. The molecule has 1 saturated carbocycles. The highest BCUT2D eigenvalue weighted by molar-refractivity contribution is 5.19. The van der Waals surface area contributed by atoms with Crippen LogP contribution in [-0.4, -0.2) is 12.0 Å². The van der Waals surface area contributed by atoms with Crippen molar-refractivity contribution in [2.45, 2.75) is 51.0 Å². The van der Waals surface area contributed by atoms with Crippen molar-refractivity contribution in [3.05, 3.63) is 17.8 Å². The highest BCUT2D eigenvalue weighted by atomic mass is 16.3. The minimum atomic E-state index is 0.223. The molecule has 2 rings (SSSR count). The van der Waals surface area contributed by atoms with E-state index in [1.165, 1.54) is 32.1 Å². The lowest BCUT2D eigenvalue weighted by molar-refractivity contribution is 0.264. The summed E-state index contributed by atoms with van der Waals surface area (Å²) in [6, 6.07) is 0. The number of hydrogen-bond acceptors (Lipinski definition) is 3. The SMILES string of the molecule is CNCc1ncoc1C1(C)CCCCC1. The second-order valence-electron chi connectivity index (χ2n) is 4.78. The zero-order valence-corrected chi connectivity index (χ0v) is 9.68. The average Bonchev–Trinajstić information content (AvgIpc) is 2.68. The van der Waals surface area contributed by atoms with Gasteiger partial charge in [0.05, 0.1) is 5.69 Å². The molecule has 0 unspecified atom stereocenters. The van der Waals surface area contributed by atoms with Gasteiger partial charge in [-0.3, -0.25) is 0 Å². The molecule has 1 aromatic rings. The third-order valence-electron chi connectivity index (χ3n) is 3.49. The average molecular weight is 208 g/mol. The van der Waals surface area contributed by atoms with Gasteiger partial charge in [-0.15, -0.1) is 0 Å². The van der Waals surface area contributed by atoms with Gasteiger partial charge < -0.3 is 9.73 Å². The Morgan fingerprint density at radius 2 is 2.13 bits per heavy atom. The van der Waals surface area contributed by atoms with Gasteiger partial charge in [-0.05, 0) is 19.9 Å². The molecule has 0 saturated heterocycles. The highest BCUT2D eigenvalue weighted by Crippen LogP contribution is 2.40. The molecule has 84 valence electrons. The monoisotopic (exact) mass is 208 g/mol. The fraction of sp³-hybridized carbons (Fsp3) is 0.750. The van der Waals surface area contributed by atoms with Crippen LogP contribution in [-0.2, 0) is 12.0 Å². The van der Waals surface area contributed by atoms with Crippen LogP contribution in [0.5, 0.6) is 0 Å². The van der Waals surface area contributed by atoms with Crippen molar-refractivity contribution in [1.82, 2.24) is 10.3 Å². The van der Waals surface area contributed by atoms with E-state index in [0.29, 0.717) is 0 Å². The summed E-state index contributed by atoms with van der Waals surface area (Å²) < 4.78 is 5.61. The Balaban J connectivity index is 2.22. The number of hydrogen-bond donors (Lipinski definition) is 1. The minimum Gasteiger partial charge on any atom is -0.448 e. The van der Waals surface area contributed by atoms with E-state index in [1.807, 2.05) is 7.05 Å². The molecular formula is C12H20N2O. The first-order valence-corrected chi connectivity index (χ1v) is 5.84. The second-order valence-corrected chi connectivity index (χ2v) is 4.78. The summed E-state index contributed by atoms with van der Waals surface area (Å²) in [7, 11) is 1.95. The Hall–Kier alpha value is -0.830. The summed E-state index contributed by atoms with van der Waals surface area (Å²) in [5, 5.41) is 3.14. The first-order valence-electron chi connectivity index (χ1n) is 5.84. The van der Waals surface area contributed by atoms with Crippen LogP contribution >= 0.6 is 0 Å².